The molecule has 0 saturated carbocycles. The summed E-state index contributed by atoms with van der Waals surface area (Å²) in [6.45, 7) is 9.57. The number of methoxy groups -OCH3 is 1. The van der Waals surface area contributed by atoms with Crippen LogP contribution in [0.25, 0.3) is 28.2 Å². The van der Waals surface area contributed by atoms with Crippen molar-refractivity contribution in [2.75, 3.05) is 7.11 Å². The van der Waals surface area contributed by atoms with Crippen LogP contribution in [0.5, 0.6) is 5.75 Å². The predicted molar refractivity (Wildman–Crippen MR) is 117 cm³/mol. The van der Waals surface area contributed by atoms with Crippen LogP contribution in [0.1, 0.15) is 32.2 Å². The molecule has 0 spiro atoms. The van der Waals surface area contributed by atoms with E-state index in [-0.39, 0.29) is 39.8 Å². The molecule has 0 aliphatic carbocycles. The summed E-state index contributed by atoms with van der Waals surface area (Å²) >= 11 is 0. The van der Waals surface area contributed by atoms with E-state index in [1.165, 1.54) is 31.4 Å². The summed E-state index contributed by atoms with van der Waals surface area (Å²) in [6.07, 6.45) is -4.57. The first-order chi connectivity index (χ1) is 15.4. The maximum atomic E-state index is 13.5. The second kappa shape index (κ2) is 8.60. The maximum Gasteiger partial charge on any atom is 0.417 e. The van der Waals surface area contributed by atoms with Crippen molar-refractivity contribution in [2.45, 2.75) is 26.9 Å². The number of ether oxygens (including phenoxy) is 1. The molecule has 0 bridgehead atoms. The summed E-state index contributed by atoms with van der Waals surface area (Å²) in [5.41, 5.74) is -0.516. The van der Waals surface area contributed by atoms with E-state index in [4.69, 9.17) is 15.5 Å². The maximum absolute atomic E-state index is 13.5. The highest BCUT2D eigenvalue weighted by atomic mass is 19.4. The van der Waals surface area contributed by atoms with Crippen LogP contribution in [0.4, 0.5) is 13.2 Å². The number of aromatic nitrogens is 3. The number of nitriles is 1. The van der Waals surface area contributed by atoms with Crippen LogP contribution in [-0.2, 0) is 11.0 Å². The number of benzene rings is 1. The molecule has 3 aromatic rings. The summed E-state index contributed by atoms with van der Waals surface area (Å²) in [5, 5.41) is 9.71. The number of alkyl halides is 3. The van der Waals surface area contributed by atoms with Gasteiger partial charge in [-0.3, -0.25) is 0 Å². The quantitative estimate of drug-likeness (QED) is 0.230. The number of rotatable bonds is 5. The van der Waals surface area contributed by atoms with Gasteiger partial charge in [-0.25, -0.2) is 9.97 Å². The van der Waals surface area contributed by atoms with Crippen molar-refractivity contribution in [3.05, 3.63) is 59.4 Å². The van der Waals surface area contributed by atoms with Crippen molar-refractivity contribution < 1.29 is 22.7 Å². The van der Waals surface area contributed by atoms with Gasteiger partial charge in [-0.1, -0.05) is 45.5 Å². The molecule has 0 radical (unpaired) electrons. The van der Waals surface area contributed by atoms with Crippen LogP contribution in [0.3, 0.4) is 0 Å². The number of allylic oxidation sites excluding steroid dienone is 2. The topological polar surface area (TPSA) is 110 Å². The first-order valence-electron chi connectivity index (χ1n) is 9.75. The molecule has 1 aromatic carbocycles. The van der Waals surface area contributed by atoms with E-state index in [0.29, 0.717) is 11.1 Å². The Morgan fingerprint density at radius 1 is 1.18 bits per heavy atom. The first-order valence-corrected chi connectivity index (χ1v) is 9.75. The number of nitrogens with zero attached hydrogens (tertiary/aromatic N) is 3. The van der Waals surface area contributed by atoms with E-state index >= 15 is 0 Å². The van der Waals surface area contributed by atoms with Crippen LogP contribution >= 0.6 is 0 Å². The zero-order valence-corrected chi connectivity index (χ0v) is 18.5. The van der Waals surface area contributed by atoms with Crippen molar-refractivity contribution in [1.29, 1.82) is 5.26 Å². The average Bonchev–Trinajstić information content (AvgIpc) is 3.18. The zero-order chi connectivity index (χ0) is 24.6. The molecule has 172 valence electrons. The van der Waals surface area contributed by atoms with E-state index in [2.05, 4.69) is 21.5 Å². The van der Waals surface area contributed by atoms with Gasteiger partial charge in [0, 0.05) is 11.6 Å². The molecule has 2 heterocycles. The highest BCUT2D eigenvalue weighted by molar-refractivity contribution is 5.85. The zero-order valence-electron chi connectivity index (χ0n) is 18.5. The molecule has 3 N–H and O–H groups in total. The van der Waals surface area contributed by atoms with Gasteiger partial charge in [0.2, 0.25) is 5.76 Å². The molecule has 0 aliphatic rings. The Morgan fingerprint density at radius 3 is 2.39 bits per heavy atom. The fourth-order valence-electron chi connectivity index (χ4n) is 3.18. The summed E-state index contributed by atoms with van der Waals surface area (Å²) in [4.78, 5) is 16.5. The van der Waals surface area contributed by atoms with Crippen molar-refractivity contribution >= 4 is 16.9 Å². The Kier molecular flexibility index (Phi) is 6.20. The second-order valence-electron chi connectivity index (χ2n) is 8.20. The molecule has 0 saturated heterocycles. The molecule has 3 rings (SSSR count). The van der Waals surface area contributed by atoms with Crippen LogP contribution in [0, 0.1) is 16.7 Å². The standard InChI is InChI=1S/C23H22F3N5O2/c1-12(22(2,3)4)14(11-27)19(33-28)21-30-18-17(32-5)10-16(29-20(18)31-21)13-8-6-7-9-15(13)23(24,25)26/h6-10H,1,28H2,2-5H3,(H,29,30,31)/b19-14-. The number of halogens is 3. The van der Waals surface area contributed by atoms with Crippen LogP contribution < -0.4 is 10.6 Å². The van der Waals surface area contributed by atoms with Gasteiger partial charge in [0.15, 0.2) is 11.5 Å². The normalized spacial score (nSPS) is 12.8. The van der Waals surface area contributed by atoms with Gasteiger partial charge in [0.25, 0.3) is 0 Å². The van der Waals surface area contributed by atoms with Crippen LogP contribution in [0.15, 0.2) is 48.1 Å². The third-order valence-corrected chi connectivity index (χ3v) is 5.03. The Hall–Kier alpha value is -3.84. The van der Waals surface area contributed by atoms with Gasteiger partial charge in [-0.15, -0.1) is 0 Å². The molecule has 0 amide bonds. The lowest BCUT2D eigenvalue weighted by Gasteiger charge is -2.21. The second-order valence-corrected chi connectivity index (χ2v) is 8.20. The number of hydrogen-bond donors (Lipinski definition) is 2. The fourth-order valence-corrected chi connectivity index (χ4v) is 3.18. The highest BCUT2D eigenvalue weighted by Gasteiger charge is 2.34. The van der Waals surface area contributed by atoms with Crippen molar-refractivity contribution in [3.8, 4) is 23.1 Å². The summed E-state index contributed by atoms with van der Waals surface area (Å²) in [5.74, 6) is 5.64. The SMILES string of the molecule is C=C(/C(C#N)=C(\ON)c1nc2nc(-c3ccccc3C(F)(F)F)cc(OC)c2[nH]1)C(C)(C)C. The van der Waals surface area contributed by atoms with Gasteiger partial charge in [0.05, 0.1) is 18.4 Å². The average molecular weight is 457 g/mol. The Labute approximate surface area is 188 Å². The third kappa shape index (κ3) is 4.54. The van der Waals surface area contributed by atoms with Gasteiger partial charge in [-0.2, -0.15) is 24.3 Å². The van der Waals surface area contributed by atoms with Crippen molar-refractivity contribution in [3.63, 3.8) is 0 Å². The minimum atomic E-state index is -4.57. The molecule has 2 aromatic heterocycles. The van der Waals surface area contributed by atoms with Crippen molar-refractivity contribution in [2.24, 2.45) is 11.3 Å². The monoisotopic (exact) mass is 457 g/mol. The lowest BCUT2D eigenvalue weighted by atomic mass is 9.83. The fraction of sp³-hybridized carbons (Fsp3) is 0.261. The Balaban J connectivity index is 2.26. The van der Waals surface area contributed by atoms with Gasteiger partial charge < -0.3 is 14.6 Å². The van der Waals surface area contributed by atoms with Gasteiger partial charge in [-0.05, 0) is 17.1 Å². The van der Waals surface area contributed by atoms with E-state index in [1.807, 2.05) is 26.8 Å². The number of hydrogen-bond acceptors (Lipinski definition) is 6. The lowest BCUT2D eigenvalue weighted by Crippen LogP contribution is -2.13. The summed E-state index contributed by atoms with van der Waals surface area (Å²) in [7, 11) is 1.37. The molecule has 0 aliphatic heterocycles. The lowest BCUT2D eigenvalue weighted by molar-refractivity contribution is -0.137. The minimum absolute atomic E-state index is 0.0177. The van der Waals surface area contributed by atoms with Crippen molar-refractivity contribution in [1.82, 2.24) is 15.0 Å². The van der Waals surface area contributed by atoms with Gasteiger partial charge >= 0.3 is 6.18 Å². The summed E-state index contributed by atoms with van der Waals surface area (Å²) < 4.78 is 46.0. The Bertz CT molecular complexity index is 1290. The predicted octanol–water partition coefficient (Wildman–Crippen LogP) is 5.38. The smallest absolute Gasteiger partial charge is 0.417 e. The number of fused-ring (bicyclic) bond motifs is 1. The molecule has 10 heteroatoms. The first kappa shape index (κ1) is 23.8. The molecule has 7 nitrogen and oxygen atoms in total. The Morgan fingerprint density at radius 2 is 1.85 bits per heavy atom. The number of imidazole rings is 1. The molecular weight excluding hydrogens is 435 g/mol. The van der Waals surface area contributed by atoms with E-state index < -0.39 is 17.2 Å². The minimum Gasteiger partial charge on any atom is -0.494 e. The largest absolute Gasteiger partial charge is 0.494 e. The number of nitrogens with two attached hydrogens (primary N) is 1. The summed E-state index contributed by atoms with van der Waals surface area (Å²) in [6, 6.07) is 8.49. The van der Waals surface area contributed by atoms with Crippen LogP contribution in [0.2, 0.25) is 0 Å². The molecule has 0 unspecified atom stereocenters. The number of pyridine rings is 1. The number of nitrogens with one attached hydrogen (secondary N) is 1. The van der Waals surface area contributed by atoms with E-state index in [9.17, 15) is 18.4 Å². The molecular formula is C23H22F3N5O2. The molecule has 0 atom stereocenters. The number of H-pyrrole nitrogens is 1. The molecule has 33 heavy (non-hydrogen) atoms. The molecule has 0 fully saturated rings. The number of aromatic amines is 1. The van der Waals surface area contributed by atoms with E-state index in [0.717, 1.165) is 6.07 Å². The van der Waals surface area contributed by atoms with Crippen LogP contribution in [-0.4, -0.2) is 22.1 Å². The highest BCUT2D eigenvalue weighted by Crippen LogP contribution is 2.39. The third-order valence-electron chi connectivity index (χ3n) is 5.03. The van der Waals surface area contributed by atoms with E-state index in [1.54, 1.807) is 0 Å². The van der Waals surface area contributed by atoms with Gasteiger partial charge in [0.1, 0.15) is 22.9 Å².